The Balaban J connectivity index is 1.34. The first-order valence-electron chi connectivity index (χ1n) is 13.3. The number of hydrogen-bond donors (Lipinski definition) is 1. The van der Waals surface area contributed by atoms with Gasteiger partial charge < -0.3 is 9.88 Å². The van der Waals surface area contributed by atoms with Crippen LogP contribution in [0.5, 0.6) is 0 Å². The van der Waals surface area contributed by atoms with Crippen LogP contribution in [0.2, 0.25) is 0 Å². The molecule has 0 saturated heterocycles. The zero-order valence-corrected chi connectivity index (χ0v) is 22.9. The molecule has 0 spiro atoms. The molecule has 5 aromatic carbocycles. The molecule has 1 N–H and O–H groups in total. The summed E-state index contributed by atoms with van der Waals surface area (Å²) in [6.45, 7) is 0. The van der Waals surface area contributed by atoms with E-state index in [0.717, 1.165) is 33.7 Å². The lowest BCUT2D eigenvalue weighted by Crippen LogP contribution is -2.01. The van der Waals surface area contributed by atoms with Crippen LogP contribution < -0.4 is 5.32 Å². The Kier molecular flexibility index (Phi) is 4.71. The Bertz CT molecular complexity index is 2280. The number of nitrogens with one attached hydrogen (secondary N) is 1. The molecule has 0 saturated carbocycles. The van der Waals surface area contributed by atoms with E-state index in [1.807, 2.05) is 29.3 Å². The van der Waals surface area contributed by atoms with Crippen molar-refractivity contribution >= 4 is 76.6 Å². The number of aromatic nitrogens is 2. The van der Waals surface area contributed by atoms with Crippen LogP contribution in [0, 0.1) is 0 Å². The van der Waals surface area contributed by atoms with Crippen LogP contribution in [-0.4, -0.2) is 9.55 Å². The van der Waals surface area contributed by atoms with Crippen molar-refractivity contribution in [2.75, 3.05) is 5.32 Å². The number of nitrogens with zero attached hydrogens (tertiary/aromatic N) is 2. The van der Waals surface area contributed by atoms with Gasteiger partial charge in [0.2, 0.25) is 0 Å². The molecule has 0 amide bonds. The highest BCUT2D eigenvalue weighted by molar-refractivity contribution is 7.99. The summed E-state index contributed by atoms with van der Waals surface area (Å²) in [6, 6.07) is 41.5. The molecule has 8 aromatic rings. The topological polar surface area (TPSA) is 29.9 Å². The van der Waals surface area contributed by atoms with Crippen molar-refractivity contribution in [3.05, 3.63) is 121 Å². The number of pyridine rings is 1. The van der Waals surface area contributed by atoms with Gasteiger partial charge in [0.25, 0.3) is 0 Å². The highest BCUT2D eigenvalue weighted by Crippen LogP contribution is 2.46. The molecular weight excluding hydrogens is 527 g/mol. The minimum atomic E-state index is 1.03. The van der Waals surface area contributed by atoms with Crippen LogP contribution in [0.3, 0.4) is 0 Å². The van der Waals surface area contributed by atoms with Crippen LogP contribution >= 0.6 is 23.1 Å². The van der Waals surface area contributed by atoms with E-state index in [2.05, 4.69) is 125 Å². The van der Waals surface area contributed by atoms with E-state index in [0.29, 0.717) is 0 Å². The van der Waals surface area contributed by atoms with E-state index in [-0.39, 0.29) is 0 Å². The molecule has 4 heterocycles. The van der Waals surface area contributed by atoms with Gasteiger partial charge in [0, 0.05) is 52.8 Å². The van der Waals surface area contributed by atoms with Crippen molar-refractivity contribution in [2.24, 2.45) is 0 Å². The highest BCUT2D eigenvalue weighted by Gasteiger charge is 2.20. The van der Waals surface area contributed by atoms with Crippen molar-refractivity contribution in [3.8, 4) is 16.8 Å². The van der Waals surface area contributed by atoms with Gasteiger partial charge in [-0.25, -0.2) is 0 Å². The summed E-state index contributed by atoms with van der Waals surface area (Å²) >= 11 is 3.68. The SMILES string of the molecule is c1ccc(-c2cnc3c4cc5c(cc4n(-c4ccc6c(c4)Sc4ccccc4N6)c3c2)sc2ccccc25)cc1. The predicted molar refractivity (Wildman–Crippen MR) is 171 cm³/mol. The van der Waals surface area contributed by atoms with Gasteiger partial charge in [-0.3, -0.25) is 4.98 Å². The summed E-state index contributed by atoms with van der Waals surface area (Å²) in [5.74, 6) is 0. The largest absolute Gasteiger partial charge is 0.354 e. The fourth-order valence-electron chi connectivity index (χ4n) is 5.92. The van der Waals surface area contributed by atoms with Crippen molar-refractivity contribution in [2.45, 2.75) is 9.79 Å². The lowest BCUT2D eigenvalue weighted by atomic mass is 10.1. The summed E-state index contributed by atoms with van der Waals surface area (Å²) < 4.78 is 5.01. The number of hydrogen-bond acceptors (Lipinski definition) is 4. The first-order valence-corrected chi connectivity index (χ1v) is 14.9. The fraction of sp³-hybridized carbons (Fsp3) is 0. The zero-order valence-electron chi connectivity index (χ0n) is 21.3. The second-order valence-corrected chi connectivity index (χ2v) is 12.3. The standard InChI is InChI=1S/C35H21N3S2/c1-2-8-21(9-3-1)22-16-30-35(36-20-22)26-18-25-24-10-4-6-12-31(24)39-33(25)19-29(26)38(30)23-14-15-28-34(17-23)40-32-13-7-5-11-27(32)37-28/h1-20,37H. The fourth-order valence-corrected chi connectivity index (χ4v) is 8.07. The smallest absolute Gasteiger partial charge is 0.0964 e. The Hall–Kier alpha value is -4.58. The Morgan fingerprint density at radius 3 is 2.35 bits per heavy atom. The highest BCUT2D eigenvalue weighted by atomic mass is 32.2. The third-order valence-corrected chi connectivity index (χ3v) is 10.1. The normalized spacial score (nSPS) is 12.6. The maximum atomic E-state index is 5.09. The van der Waals surface area contributed by atoms with Crippen LogP contribution in [0.4, 0.5) is 11.4 Å². The molecule has 0 unspecified atom stereocenters. The van der Waals surface area contributed by atoms with E-state index in [1.165, 1.54) is 46.4 Å². The summed E-state index contributed by atoms with van der Waals surface area (Å²) in [6.07, 6.45) is 2.01. The summed E-state index contributed by atoms with van der Waals surface area (Å²) in [7, 11) is 0. The van der Waals surface area contributed by atoms with Gasteiger partial charge >= 0.3 is 0 Å². The van der Waals surface area contributed by atoms with Gasteiger partial charge in [-0.05, 0) is 60.2 Å². The number of para-hydroxylation sites is 1. The van der Waals surface area contributed by atoms with Gasteiger partial charge in [0.05, 0.1) is 27.9 Å². The lowest BCUT2D eigenvalue weighted by Gasteiger charge is -2.21. The molecule has 0 aliphatic carbocycles. The van der Waals surface area contributed by atoms with Crippen LogP contribution in [0.25, 0.3) is 58.9 Å². The van der Waals surface area contributed by atoms with Crippen molar-refractivity contribution < 1.29 is 0 Å². The molecule has 1 aliphatic heterocycles. The van der Waals surface area contributed by atoms with Gasteiger partial charge in [0.1, 0.15) is 0 Å². The van der Waals surface area contributed by atoms with Gasteiger partial charge in [-0.2, -0.15) is 0 Å². The van der Waals surface area contributed by atoms with Crippen molar-refractivity contribution in [1.29, 1.82) is 0 Å². The summed E-state index contributed by atoms with van der Waals surface area (Å²) in [5.41, 5.74) is 9.06. The van der Waals surface area contributed by atoms with Crippen LogP contribution in [0.1, 0.15) is 0 Å². The molecular formula is C35H21N3S2. The van der Waals surface area contributed by atoms with Gasteiger partial charge in [0.15, 0.2) is 0 Å². The molecule has 0 fully saturated rings. The molecule has 40 heavy (non-hydrogen) atoms. The number of rotatable bonds is 2. The molecule has 0 radical (unpaired) electrons. The van der Waals surface area contributed by atoms with E-state index < -0.39 is 0 Å². The second-order valence-electron chi connectivity index (χ2n) is 10.2. The minimum Gasteiger partial charge on any atom is -0.354 e. The van der Waals surface area contributed by atoms with Crippen molar-refractivity contribution in [3.63, 3.8) is 0 Å². The maximum Gasteiger partial charge on any atom is 0.0964 e. The molecule has 188 valence electrons. The number of anilines is 2. The number of thiophene rings is 1. The summed E-state index contributed by atoms with van der Waals surface area (Å²) in [5, 5.41) is 7.40. The van der Waals surface area contributed by atoms with Crippen LogP contribution in [0.15, 0.2) is 131 Å². The first kappa shape index (κ1) is 22.3. The number of benzene rings is 5. The zero-order chi connectivity index (χ0) is 26.2. The quantitative estimate of drug-likeness (QED) is 0.233. The minimum absolute atomic E-state index is 1.03. The maximum absolute atomic E-state index is 5.09. The average molecular weight is 548 g/mol. The summed E-state index contributed by atoms with van der Waals surface area (Å²) in [4.78, 5) is 7.55. The van der Waals surface area contributed by atoms with Gasteiger partial charge in [-0.1, -0.05) is 72.4 Å². The predicted octanol–water partition coefficient (Wildman–Crippen LogP) is 10.4. The molecule has 0 bridgehead atoms. The second kappa shape index (κ2) is 8.46. The molecule has 3 nitrogen and oxygen atoms in total. The number of fused-ring (bicyclic) bond motifs is 8. The molecule has 9 rings (SSSR count). The lowest BCUT2D eigenvalue weighted by molar-refractivity contribution is 1.16. The molecule has 1 aliphatic rings. The van der Waals surface area contributed by atoms with Crippen molar-refractivity contribution in [1.82, 2.24) is 9.55 Å². The van der Waals surface area contributed by atoms with E-state index in [9.17, 15) is 0 Å². The Labute approximate surface area is 238 Å². The van der Waals surface area contributed by atoms with E-state index >= 15 is 0 Å². The third-order valence-electron chi connectivity index (χ3n) is 7.81. The molecule has 5 heteroatoms. The van der Waals surface area contributed by atoms with E-state index in [1.54, 1.807) is 0 Å². The van der Waals surface area contributed by atoms with Crippen LogP contribution in [-0.2, 0) is 0 Å². The molecule has 3 aromatic heterocycles. The average Bonchev–Trinajstić information content (AvgIpc) is 3.53. The third kappa shape index (κ3) is 3.28. The Morgan fingerprint density at radius 2 is 1.40 bits per heavy atom. The first-order chi connectivity index (χ1) is 19.8. The van der Waals surface area contributed by atoms with E-state index in [4.69, 9.17) is 4.98 Å². The molecule has 0 atom stereocenters. The Morgan fingerprint density at radius 1 is 0.575 bits per heavy atom. The monoisotopic (exact) mass is 547 g/mol. The van der Waals surface area contributed by atoms with Gasteiger partial charge in [-0.15, -0.1) is 11.3 Å².